The van der Waals surface area contributed by atoms with E-state index >= 15 is 0 Å². The van der Waals surface area contributed by atoms with Crippen LogP contribution in [-0.4, -0.2) is 43.8 Å². The molecule has 4 rings (SSSR count). The molecule has 25 heavy (non-hydrogen) atoms. The summed E-state index contributed by atoms with van der Waals surface area (Å²) in [4.78, 5) is 5.85. The van der Waals surface area contributed by atoms with E-state index in [1.807, 2.05) is 13.1 Å². The maximum absolute atomic E-state index is 5.53. The summed E-state index contributed by atoms with van der Waals surface area (Å²) in [6.07, 6.45) is 2.93. The van der Waals surface area contributed by atoms with Crippen LogP contribution in [0.4, 0.5) is 0 Å². The Hall–Kier alpha value is -2.18. The van der Waals surface area contributed by atoms with Crippen LogP contribution >= 0.6 is 0 Å². The Morgan fingerprint density at radius 1 is 1.24 bits per heavy atom. The van der Waals surface area contributed by atoms with Crippen LogP contribution < -0.4 is 0 Å². The highest BCUT2D eigenvalue weighted by Gasteiger charge is 2.24. The SMILES string of the molecule is CCOCc1nnc2n1CCN(Cc1cccc3[nH]ccc13)[C@@H](C)C2. The van der Waals surface area contributed by atoms with Gasteiger partial charge in [-0.25, -0.2) is 0 Å². The van der Waals surface area contributed by atoms with Crippen LogP contribution in [0.5, 0.6) is 0 Å². The van der Waals surface area contributed by atoms with Gasteiger partial charge in [-0.05, 0) is 31.5 Å². The summed E-state index contributed by atoms with van der Waals surface area (Å²) in [6.45, 7) is 8.39. The molecule has 0 aliphatic carbocycles. The molecule has 0 unspecified atom stereocenters. The van der Waals surface area contributed by atoms with Gasteiger partial charge in [-0.1, -0.05) is 12.1 Å². The normalized spacial score (nSPS) is 18.4. The van der Waals surface area contributed by atoms with Crippen molar-refractivity contribution in [3.8, 4) is 0 Å². The van der Waals surface area contributed by atoms with Crippen LogP contribution in [0.1, 0.15) is 31.1 Å². The lowest BCUT2D eigenvalue weighted by Gasteiger charge is -2.26. The molecular formula is C19H25N5O. The van der Waals surface area contributed by atoms with Crippen molar-refractivity contribution in [2.75, 3.05) is 13.2 Å². The molecule has 0 fully saturated rings. The van der Waals surface area contributed by atoms with E-state index in [4.69, 9.17) is 4.74 Å². The predicted molar refractivity (Wildman–Crippen MR) is 97.2 cm³/mol. The van der Waals surface area contributed by atoms with Gasteiger partial charge in [-0.3, -0.25) is 4.90 Å². The minimum atomic E-state index is 0.430. The smallest absolute Gasteiger partial charge is 0.159 e. The molecular weight excluding hydrogens is 314 g/mol. The van der Waals surface area contributed by atoms with Crippen molar-refractivity contribution in [3.63, 3.8) is 0 Å². The molecule has 6 heteroatoms. The zero-order valence-electron chi connectivity index (χ0n) is 14.9. The Labute approximate surface area is 147 Å². The lowest BCUT2D eigenvalue weighted by atomic mass is 10.1. The number of hydrogen-bond donors (Lipinski definition) is 1. The van der Waals surface area contributed by atoms with Crippen molar-refractivity contribution < 1.29 is 4.74 Å². The molecule has 3 aromatic rings. The van der Waals surface area contributed by atoms with Gasteiger partial charge in [-0.2, -0.15) is 0 Å². The monoisotopic (exact) mass is 339 g/mol. The van der Waals surface area contributed by atoms with Gasteiger partial charge in [-0.15, -0.1) is 10.2 Å². The van der Waals surface area contributed by atoms with Crippen molar-refractivity contribution in [1.82, 2.24) is 24.6 Å². The quantitative estimate of drug-likeness (QED) is 0.776. The molecule has 1 aromatic carbocycles. The molecule has 1 aliphatic rings. The summed E-state index contributed by atoms with van der Waals surface area (Å²) in [5, 5.41) is 10.0. The van der Waals surface area contributed by atoms with Crippen molar-refractivity contribution in [1.29, 1.82) is 0 Å². The van der Waals surface area contributed by atoms with E-state index < -0.39 is 0 Å². The Balaban J connectivity index is 1.53. The molecule has 2 aromatic heterocycles. The number of benzene rings is 1. The van der Waals surface area contributed by atoms with Gasteiger partial charge in [0.1, 0.15) is 12.4 Å². The molecule has 0 spiro atoms. The molecule has 132 valence electrons. The van der Waals surface area contributed by atoms with E-state index in [0.717, 1.165) is 37.7 Å². The number of rotatable bonds is 5. The summed E-state index contributed by atoms with van der Waals surface area (Å²) >= 11 is 0. The van der Waals surface area contributed by atoms with E-state index in [-0.39, 0.29) is 0 Å². The van der Waals surface area contributed by atoms with Gasteiger partial charge >= 0.3 is 0 Å². The Morgan fingerprint density at radius 2 is 2.16 bits per heavy atom. The fraction of sp³-hybridized carbons (Fsp3) is 0.474. The van der Waals surface area contributed by atoms with Crippen LogP contribution in [0, 0.1) is 0 Å². The average Bonchev–Trinajstić information content (AvgIpc) is 3.21. The Kier molecular flexibility index (Phi) is 4.55. The van der Waals surface area contributed by atoms with E-state index in [9.17, 15) is 0 Å². The number of aromatic nitrogens is 4. The first kappa shape index (κ1) is 16.3. The van der Waals surface area contributed by atoms with E-state index in [1.54, 1.807) is 0 Å². The molecule has 1 aliphatic heterocycles. The van der Waals surface area contributed by atoms with E-state index in [2.05, 4.69) is 55.8 Å². The number of fused-ring (bicyclic) bond motifs is 2. The van der Waals surface area contributed by atoms with Gasteiger partial charge in [0.25, 0.3) is 0 Å². The van der Waals surface area contributed by atoms with Crippen molar-refractivity contribution in [2.24, 2.45) is 0 Å². The van der Waals surface area contributed by atoms with Crippen molar-refractivity contribution >= 4 is 10.9 Å². The zero-order chi connectivity index (χ0) is 17.2. The maximum Gasteiger partial charge on any atom is 0.159 e. The lowest BCUT2D eigenvalue weighted by molar-refractivity contribution is 0.124. The van der Waals surface area contributed by atoms with E-state index in [1.165, 1.54) is 16.5 Å². The van der Waals surface area contributed by atoms with Gasteiger partial charge in [0.05, 0.1) is 0 Å². The van der Waals surface area contributed by atoms with Crippen molar-refractivity contribution in [3.05, 3.63) is 47.7 Å². The topological polar surface area (TPSA) is 59.0 Å². The third kappa shape index (κ3) is 3.19. The van der Waals surface area contributed by atoms with Crippen LogP contribution in [0.15, 0.2) is 30.5 Å². The Morgan fingerprint density at radius 3 is 3.04 bits per heavy atom. The summed E-state index contributed by atoms with van der Waals surface area (Å²) in [7, 11) is 0. The molecule has 0 bridgehead atoms. The largest absolute Gasteiger partial charge is 0.374 e. The first-order chi connectivity index (χ1) is 12.3. The second kappa shape index (κ2) is 6.98. The number of H-pyrrole nitrogens is 1. The van der Waals surface area contributed by atoms with Gasteiger partial charge in [0.15, 0.2) is 5.82 Å². The Bertz CT molecular complexity index is 852. The fourth-order valence-electron chi connectivity index (χ4n) is 3.67. The molecule has 0 saturated heterocycles. The molecule has 0 saturated carbocycles. The molecule has 1 N–H and O–H groups in total. The first-order valence-electron chi connectivity index (χ1n) is 9.04. The highest BCUT2D eigenvalue weighted by atomic mass is 16.5. The summed E-state index contributed by atoms with van der Waals surface area (Å²) in [6, 6.07) is 9.09. The second-order valence-corrected chi connectivity index (χ2v) is 6.70. The second-order valence-electron chi connectivity index (χ2n) is 6.70. The minimum absolute atomic E-state index is 0.430. The molecule has 1 atom stereocenters. The number of nitrogens with one attached hydrogen (secondary N) is 1. The van der Waals surface area contributed by atoms with Crippen LogP contribution in [0.2, 0.25) is 0 Å². The van der Waals surface area contributed by atoms with E-state index in [0.29, 0.717) is 19.3 Å². The minimum Gasteiger partial charge on any atom is -0.374 e. The number of ether oxygens (including phenoxy) is 1. The lowest BCUT2D eigenvalue weighted by Crippen LogP contribution is -2.34. The number of nitrogens with zero attached hydrogens (tertiary/aromatic N) is 4. The fourth-order valence-corrected chi connectivity index (χ4v) is 3.67. The number of aromatic amines is 1. The van der Waals surface area contributed by atoms with Crippen LogP contribution in [0.25, 0.3) is 10.9 Å². The molecule has 0 amide bonds. The highest BCUT2D eigenvalue weighted by Crippen LogP contribution is 2.22. The van der Waals surface area contributed by atoms with Gasteiger partial charge in [0.2, 0.25) is 0 Å². The van der Waals surface area contributed by atoms with Crippen molar-refractivity contribution in [2.45, 2.75) is 46.0 Å². The van der Waals surface area contributed by atoms with Gasteiger partial charge in [0, 0.05) is 55.8 Å². The van der Waals surface area contributed by atoms with Crippen LogP contribution in [-0.2, 0) is 30.9 Å². The van der Waals surface area contributed by atoms with Crippen LogP contribution in [0.3, 0.4) is 0 Å². The predicted octanol–water partition coefficient (Wildman–Crippen LogP) is 2.74. The average molecular weight is 339 g/mol. The third-order valence-corrected chi connectivity index (χ3v) is 5.11. The summed E-state index contributed by atoms with van der Waals surface area (Å²) in [5.41, 5.74) is 2.58. The maximum atomic E-state index is 5.53. The molecule has 0 radical (unpaired) electrons. The van der Waals surface area contributed by atoms with Gasteiger partial charge < -0.3 is 14.3 Å². The first-order valence-corrected chi connectivity index (χ1v) is 9.04. The summed E-state index contributed by atoms with van der Waals surface area (Å²) < 4.78 is 7.77. The molecule has 3 heterocycles. The summed E-state index contributed by atoms with van der Waals surface area (Å²) in [5.74, 6) is 2.02. The zero-order valence-corrected chi connectivity index (χ0v) is 14.9. The molecule has 6 nitrogen and oxygen atoms in total. The third-order valence-electron chi connectivity index (χ3n) is 5.11. The standard InChI is InChI=1S/C19H25N5O/c1-3-25-13-19-22-21-18-11-14(2)23(9-10-24(18)19)12-15-5-4-6-17-16(15)7-8-20-17/h4-8,14,20H,3,9-13H2,1-2H3/t14-/m0/s1. The number of hydrogen-bond acceptors (Lipinski definition) is 4. The highest BCUT2D eigenvalue weighted by molar-refractivity contribution is 5.82.